The second-order valence-corrected chi connectivity index (χ2v) is 8.12. The van der Waals surface area contributed by atoms with Crippen molar-refractivity contribution in [2.45, 2.75) is 20.0 Å². The van der Waals surface area contributed by atoms with E-state index in [-0.39, 0.29) is 0 Å². The standard InChI is InChI=1S/C21H27BrN2O2.C2H2O4/c1-3-26-21-14-18(6-9-20(21)25-2)16-24-12-10-23(11-13-24)15-17-4-7-19(22)8-5-17;3-1(4)2(5)6/h4-9,14H,3,10-13,15-16H2,1-2H3;(H,3,4)(H,5,6). The molecule has 2 aromatic rings. The van der Waals surface area contributed by atoms with E-state index in [0.29, 0.717) is 6.61 Å². The maximum atomic E-state index is 9.10. The molecule has 1 saturated heterocycles. The summed E-state index contributed by atoms with van der Waals surface area (Å²) in [5.74, 6) is -2.01. The van der Waals surface area contributed by atoms with Gasteiger partial charge in [0.05, 0.1) is 13.7 Å². The van der Waals surface area contributed by atoms with E-state index < -0.39 is 11.9 Å². The molecular formula is C23H29BrN2O6. The van der Waals surface area contributed by atoms with E-state index in [4.69, 9.17) is 29.3 Å². The molecule has 2 aromatic carbocycles. The summed E-state index contributed by atoms with van der Waals surface area (Å²) in [7, 11) is 1.68. The van der Waals surface area contributed by atoms with Crippen LogP contribution in [0.1, 0.15) is 18.1 Å². The van der Waals surface area contributed by atoms with Crippen molar-refractivity contribution in [2.75, 3.05) is 39.9 Å². The molecule has 1 heterocycles. The average Bonchev–Trinajstić information content (AvgIpc) is 2.77. The van der Waals surface area contributed by atoms with E-state index in [1.165, 1.54) is 11.1 Å². The van der Waals surface area contributed by atoms with Crippen molar-refractivity contribution in [3.63, 3.8) is 0 Å². The maximum Gasteiger partial charge on any atom is 0.414 e. The van der Waals surface area contributed by atoms with Gasteiger partial charge in [-0.2, -0.15) is 0 Å². The van der Waals surface area contributed by atoms with Crippen LogP contribution in [0.5, 0.6) is 11.5 Å². The molecule has 8 nitrogen and oxygen atoms in total. The van der Waals surface area contributed by atoms with Gasteiger partial charge in [-0.3, -0.25) is 9.80 Å². The highest BCUT2D eigenvalue weighted by Gasteiger charge is 2.18. The number of carbonyl (C=O) groups is 2. The van der Waals surface area contributed by atoms with Gasteiger partial charge in [-0.15, -0.1) is 0 Å². The lowest BCUT2D eigenvalue weighted by molar-refractivity contribution is -0.159. The van der Waals surface area contributed by atoms with Gasteiger partial charge in [0.25, 0.3) is 0 Å². The van der Waals surface area contributed by atoms with Crippen molar-refractivity contribution < 1.29 is 29.3 Å². The molecule has 3 rings (SSSR count). The summed E-state index contributed by atoms with van der Waals surface area (Å²) in [4.78, 5) is 23.2. The normalized spacial score (nSPS) is 14.2. The Labute approximate surface area is 196 Å². The fourth-order valence-corrected chi connectivity index (χ4v) is 3.56. The topological polar surface area (TPSA) is 99.5 Å². The maximum absolute atomic E-state index is 9.10. The fourth-order valence-electron chi connectivity index (χ4n) is 3.30. The predicted octanol–water partition coefficient (Wildman–Crippen LogP) is 3.33. The van der Waals surface area contributed by atoms with Gasteiger partial charge in [0.15, 0.2) is 11.5 Å². The second-order valence-electron chi connectivity index (χ2n) is 7.21. The molecule has 1 fully saturated rings. The zero-order chi connectivity index (χ0) is 23.5. The van der Waals surface area contributed by atoms with Crippen molar-refractivity contribution in [2.24, 2.45) is 0 Å². The zero-order valence-electron chi connectivity index (χ0n) is 18.3. The van der Waals surface area contributed by atoms with E-state index in [2.05, 4.69) is 62.1 Å². The minimum absolute atomic E-state index is 0.647. The van der Waals surface area contributed by atoms with Crippen LogP contribution in [0.25, 0.3) is 0 Å². The number of carboxylic acids is 2. The molecule has 1 aliphatic rings. The third-order valence-electron chi connectivity index (χ3n) is 4.90. The first-order valence-electron chi connectivity index (χ1n) is 10.3. The Bertz CT molecular complexity index is 871. The molecule has 2 N–H and O–H groups in total. The van der Waals surface area contributed by atoms with Gasteiger partial charge in [-0.1, -0.05) is 34.1 Å². The lowest BCUT2D eigenvalue weighted by atomic mass is 10.1. The molecule has 9 heteroatoms. The number of halogens is 1. The molecule has 0 bridgehead atoms. The molecule has 0 spiro atoms. The quantitative estimate of drug-likeness (QED) is 0.549. The fraction of sp³-hybridized carbons (Fsp3) is 0.391. The van der Waals surface area contributed by atoms with Crippen LogP contribution in [0.4, 0.5) is 0 Å². The molecular weight excluding hydrogens is 480 g/mol. The second kappa shape index (κ2) is 13.0. The van der Waals surface area contributed by atoms with Crippen molar-refractivity contribution in [3.8, 4) is 11.5 Å². The third-order valence-corrected chi connectivity index (χ3v) is 5.43. The minimum atomic E-state index is -1.82. The van der Waals surface area contributed by atoms with E-state index in [1.807, 2.05) is 13.0 Å². The number of hydrogen-bond donors (Lipinski definition) is 2. The van der Waals surface area contributed by atoms with Crippen molar-refractivity contribution in [3.05, 3.63) is 58.1 Å². The summed E-state index contributed by atoms with van der Waals surface area (Å²) in [6.07, 6.45) is 0. The molecule has 0 amide bonds. The number of piperazine rings is 1. The summed E-state index contributed by atoms with van der Waals surface area (Å²) < 4.78 is 12.2. The van der Waals surface area contributed by atoms with Crippen LogP contribution >= 0.6 is 15.9 Å². The van der Waals surface area contributed by atoms with Crippen LogP contribution in [0, 0.1) is 0 Å². The molecule has 0 aromatic heterocycles. The number of benzene rings is 2. The smallest absolute Gasteiger partial charge is 0.414 e. The molecule has 0 radical (unpaired) electrons. The van der Waals surface area contributed by atoms with Crippen LogP contribution in [0.2, 0.25) is 0 Å². The summed E-state index contributed by atoms with van der Waals surface area (Å²) in [6, 6.07) is 14.9. The largest absolute Gasteiger partial charge is 0.493 e. The number of nitrogens with zero attached hydrogens (tertiary/aromatic N) is 2. The first-order chi connectivity index (χ1) is 15.3. The predicted molar refractivity (Wildman–Crippen MR) is 124 cm³/mol. The molecule has 0 saturated carbocycles. The molecule has 0 unspecified atom stereocenters. The number of aliphatic carboxylic acids is 2. The number of hydrogen-bond acceptors (Lipinski definition) is 6. The highest BCUT2D eigenvalue weighted by Crippen LogP contribution is 2.28. The third kappa shape index (κ3) is 8.49. The van der Waals surface area contributed by atoms with Crippen molar-refractivity contribution in [1.29, 1.82) is 0 Å². The lowest BCUT2D eigenvalue weighted by Gasteiger charge is -2.34. The van der Waals surface area contributed by atoms with E-state index in [1.54, 1.807) is 7.11 Å². The first kappa shape index (κ1) is 25.6. The Hall–Kier alpha value is -2.62. The van der Waals surface area contributed by atoms with Crippen LogP contribution in [0.15, 0.2) is 46.9 Å². The Morgan fingerprint density at radius 2 is 1.38 bits per heavy atom. The van der Waals surface area contributed by atoms with Crippen LogP contribution in [-0.4, -0.2) is 71.8 Å². The average molecular weight is 509 g/mol. The number of methoxy groups -OCH3 is 1. The van der Waals surface area contributed by atoms with Gasteiger partial charge >= 0.3 is 11.9 Å². The molecule has 0 aliphatic carbocycles. The SMILES string of the molecule is CCOc1cc(CN2CCN(Cc3ccc(Br)cc3)CC2)ccc1OC.O=C(O)C(=O)O. The molecule has 1 aliphatic heterocycles. The van der Waals surface area contributed by atoms with E-state index >= 15 is 0 Å². The number of ether oxygens (including phenoxy) is 2. The summed E-state index contributed by atoms with van der Waals surface area (Å²) in [6.45, 7) is 9.01. The Morgan fingerprint density at radius 3 is 1.84 bits per heavy atom. The van der Waals surface area contributed by atoms with Gasteiger partial charge in [-0.25, -0.2) is 9.59 Å². The van der Waals surface area contributed by atoms with Crippen molar-refractivity contribution in [1.82, 2.24) is 9.80 Å². The van der Waals surface area contributed by atoms with E-state index in [0.717, 1.165) is 55.2 Å². The Morgan fingerprint density at radius 1 is 0.875 bits per heavy atom. The number of carboxylic acid groups (broad SMARTS) is 2. The van der Waals surface area contributed by atoms with Gasteiger partial charge in [0.2, 0.25) is 0 Å². The summed E-state index contributed by atoms with van der Waals surface area (Å²) in [5.41, 5.74) is 2.65. The summed E-state index contributed by atoms with van der Waals surface area (Å²) >= 11 is 3.50. The van der Waals surface area contributed by atoms with Gasteiger partial charge < -0.3 is 19.7 Å². The van der Waals surface area contributed by atoms with Gasteiger partial charge in [0.1, 0.15) is 0 Å². The molecule has 174 valence electrons. The highest BCUT2D eigenvalue weighted by atomic mass is 79.9. The first-order valence-corrected chi connectivity index (χ1v) is 11.1. The van der Waals surface area contributed by atoms with Gasteiger partial charge in [-0.05, 0) is 42.3 Å². The highest BCUT2D eigenvalue weighted by molar-refractivity contribution is 9.10. The Balaban J connectivity index is 0.000000534. The van der Waals surface area contributed by atoms with Crippen LogP contribution < -0.4 is 9.47 Å². The molecule has 32 heavy (non-hydrogen) atoms. The van der Waals surface area contributed by atoms with E-state index in [9.17, 15) is 0 Å². The summed E-state index contributed by atoms with van der Waals surface area (Å²) in [5, 5.41) is 14.8. The van der Waals surface area contributed by atoms with Crippen molar-refractivity contribution >= 4 is 27.9 Å². The number of rotatable bonds is 7. The minimum Gasteiger partial charge on any atom is -0.493 e. The monoisotopic (exact) mass is 508 g/mol. The zero-order valence-corrected chi connectivity index (χ0v) is 19.9. The van der Waals surface area contributed by atoms with Crippen LogP contribution in [0.3, 0.4) is 0 Å². The Kier molecular flexibility index (Phi) is 10.5. The lowest BCUT2D eigenvalue weighted by Crippen LogP contribution is -2.45. The van der Waals surface area contributed by atoms with Crippen LogP contribution in [-0.2, 0) is 22.7 Å². The molecule has 0 atom stereocenters. The van der Waals surface area contributed by atoms with Gasteiger partial charge in [0, 0.05) is 43.7 Å².